The number of hydrogen-bond donors (Lipinski definition) is 1. The number of carbonyl (C=O) groups excluding carboxylic acids is 1. The maximum atomic E-state index is 13.3. The van der Waals surface area contributed by atoms with E-state index < -0.39 is 11.9 Å². The number of benzene rings is 1. The Hall–Kier alpha value is -3.16. The van der Waals surface area contributed by atoms with E-state index in [1.54, 1.807) is 42.6 Å². The van der Waals surface area contributed by atoms with E-state index in [1.165, 1.54) is 10.9 Å². The second kappa shape index (κ2) is 7.10. The van der Waals surface area contributed by atoms with E-state index in [0.29, 0.717) is 41.0 Å². The molecule has 0 saturated carbocycles. The minimum Gasteiger partial charge on any atom is -0.322 e. The molecule has 2 aromatic heterocycles. The number of halogens is 3. The van der Waals surface area contributed by atoms with Gasteiger partial charge in [-0.3, -0.25) is 9.78 Å². The molecule has 0 bridgehead atoms. The number of nitrogens with one attached hydrogen (secondary N) is 1. The molecule has 144 valence electrons. The number of hydrogen-bond acceptors (Lipinski definition) is 3. The number of amides is 1. The van der Waals surface area contributed by atoms with Crippen LogP contribution >= 0.6 is 0 Å². The van der Waals surface area contributed by atoms with E-state index in [-0.39, 0.29) is 5.91 Å². The summed E-state index contributed by atoms with van der Waals surface area (Å²) in [6.07, 6.45) is 1.10. The summed E-state index contributed by atoms with van der Waals surface area (Å²) in [6.45, 7) is 0. The molecule has 1 N–H and O–H groups in total. The number of anilines is 1. The van der Waals surface area contributed by atoms with Gasteiger partial charge in [-0.25, -0.2) is 4.68 Å². The van der Waals surface area contributed by atoms with Gasteiger partial charge in [-0.15, -0.1) is 0 Å². The van der Waals surface area contributed by atoms with Crippen LogP contribution in [0, 0.1) is 0 Å². The van der Waals surface area contributed by atoms with Crippen molar-refractivity contribution < 1.29 is 18.0 Å². The van der Waals surface area contributed by atoms with Gasteiger partial charge in [-0.2, -0.15) is 18.3 Å². The lowest BCUT2D eigenvalue weighted by molar-refractivity contribution is -0.142. The fourth-order valence-electron chi connectivity index (χ4n) is 3.43. The van der Waals surface area contributed by atoms with Crippen LogP contribution in [0.5, 0.6) is 0 Å². The van der Waals surface area contributed by atoms with Crippen LogP contribution in [0.15, 0.2) is 48.8 Å². The molecule has 3 aromatic rings. The third-order valence-corrected chi connectivity index (χ3v) is 4.74. The Bertz CT molecular complexity index is 995. The van der Waals surface area contributed by atoms with Gasteiger partial charge in [0.2, 0.25) is 0 Å². The van der Waals surface area contributed by atoms with Crippen molar-refractivity contribution in [2.24, 2.45) is 0 Å². The quantitative estimate of drug-likeness (QED) is 0.725. The Morgan fingerprint density at radius 3 is 2.50 bits per heavy atom. The van der Waals surface area contributed by atoms with Gasteiger partial charge in [0.15, 0.2) is 5.69 Å². The summed E-state index contributed by atoms with van der Waals surface area (Å²) in [6, 6.07) is 9.91. The Balaban J connectivity index is 1.61. The molecule has 1 aromatic carbocycles. The SMILES string of the molecule is O=C(Nc1ccc(-n2nc(C(F)(F)F)c3c2CCCC3)cc1)c1cccnc1. The molecule has 4 rings (SSSR count). The number of fused-ring (bicyclic) bond motifs is 1. The van der Waals surface area contributed by atoms with Crippen LogP contribution in [-0.2, 0) is 19.0 Å². The summed E-state index contributed by atoms with van der Waals surface area (Å²) in [5.41, 5.74) is 1.61. The highest BCUT2D eigenvalue weighted by atomic mass is 19.4. The van der Waals surface area contributed by atoms with Crippen LogP contribution < -0.4 is 5.32 Å². The maximum absolute atomic E-state index is 13.3. The number of pyridine rings is 1. The molecule has 0 spiro atoms. The van der Waals surface area contributed by atoms with Crippen LogP contribution in [-0.4, -0.2) is 20.7 Å². The third-order valence-electron chi connectivity index (χ3n) is 4.74. The van der Waals surface area contributed by atoms with Crippen molar-refractivity contribution >= 4 is 11.6 Å². The predicted octanol–water partition coefficient (Wildman–Crippen LogP) is 4.42. The smallest absolute Gasteiger partial charge is 0.322 e. The van der Waals surface area contributed by atoms with Crippen molar-refractivity contribution in [2.45, 2.75) is 31.9 Å². The van der Waals surface area contributed by atoms with Gasteiger partial charge in [0.1, 0.15) is 0 Å². The van der Waals surface area contributed by atoms with Crippen molar-refractivity contribution in [2.75, 3.05) is 5.32 Å². The van der Waals surface area contributed by atoms with E-state index in [1.807, 2.05) is 0 Å². The van der Waals surface area contributed by atoms with Crippen molar-refractivity contribution in [3.05, 3.63) is 71.3 Å². The largest absolute Gasteiger partial charge is 0.435 e. The number of alkyl halides is 3. The maximum Gasteiger partial charge on any atom is 0.435 e. The highest BCUT2D eigenvalue weighted by molar-refractivity contribution is 6.04. The summed E-state index contributed by atoms with van der Waals surface area (Å²) in [7, 11) is 0. The minimum atomic E-state index is -4.47. The standard InChI is InChI=1S/C20H17F3N4O/c21-20(22,23)18-16-5-1-2-6-17(16)27(26-18)15-9-7-14(8-10-15)25-19(28)13-4-3-11-24-12-13/h3-4,7-12H,1-2,5-6H2,(H,25,28). The van der Waals surface area contributed by atoms with Gasteiger partial charge in [-0.05, 0) is 62.1 Å². The lowest BCUT2D eigenvalue weighted by Crippen LogP contribution is -2.12. The summed E-state index contributed by atoms with van der Waals surface area (Å²) < 4.78 is 41.4. The molecule has 0 atom stereocenters. The van der Waals surface area contributed by atoms with Gasteiger partial charge >= 0.3 is 6.18 Å². The highest BCUT2D eigenvalue weighted by Crippen LogP contribution is 2.36. The predicted molar refractivity (Wildman–Crippen MR) is 97.4 cm³/mol. The molecule has 0 aliphatic heterocycles. The molecule has 1 amide bonds. The Morgan fingerprint density at radius 2 is 1.82 bits per heavy atom. The first kappa shape index (κ1) is 18.2. The molecular formula is C20H17F3N4O. The van der Waals surface area contributed by atoms with Gasteiger partial charge in [0, 0.05) is 29.3 Å². The molecule has 0 radical (unpaired) electrons. The molecule has 0 unspecified atom stereocenters. The minimum absolute atomic E-state index is 0.299. The summed E-state index contributed by atoms with van der Waals surface area (Å²) >= 11 is 0. The molecular weight excluding hydrogens is 369 g/mol. The summed E-state index contributed by atoms with van der Waals surface area (Å²) in [5, 5.41) is 6.61. The van der Waals surface area contributed by atoms with E-state index in [9.17, 15) is 18.0 Å². The second-order valence-electron chi connectivity index (χ2n) is 6.63. The van der Waals surface area contributed by atoms with Gasteiger partial charge in [0.05, 0.1) is 11.3 Å². The molecule has 0 saturated heterocycles. The zero-order chi connectivity index (χ0) is 19.7. The molecule has 2 heterocycles. The van der Waals surface area contributed by atoms with E-state index in [0.717, 1.165) is 12.8 Å². The number of nitrogens with zero attached hydrogens (tertiary/aromatic N) is 3. The van der Waals surface area contributed by atoms with Crippen LogP contribution in [0.25, 0.3) is 5.69 Å². The van der Waals surface area contributed by atoms with Gasteiger partial charge in [-0.1, -0.05) is 0 Å². The molecule has 1 aliphatic rings. The lowest BCUT2D eigenvalue weighted by atomic mass is 9.95. The number of aromatic nitrogens is 3. The van der Waals surface area contributed by atoms with Crippen LogP contribution in [0.1, 0.15) is 40.2 Å². The Kier molecular flexibility index (Phi) is 4.62. The summed E-state index contributed by atoms with van der Waals surface area (Å²) in [4.78, 5) is 16.1. The van der Waals surface area contributed by atoms with E-state index in [2.05, 4.69) is 15.4 Å². The molecule has 1 aliphatic carbocycles. The first-order chi connectivity index (χ1) is 13.4. The van der Waals surface area contributed by atoms with Crippen molar-refractivity contribution in [3.63, 3.8) is 0 Å². The summed E-state index contributed by atoms with van der Waals surface area (Å²) in [5.74, 6) is -0.309. The molecule has 0 fully saturated rings. The first-order valence-corrected chi connectivity index (χ1v) is 8.93. The Labute approximate surface area is 159 Å². The lowest BCUT2D eigenvalue weighted by Gasteiger charge is -2.15. The average molecular weight is 386 g/mol. The van der Waals surface area contributed by atoms with Crippen LogP contribution in [0.3, 0.4) is 0 Å². The third kappa shape index (κ3) is 3.49. The second-order valence-corrected chi connectivity index (χ2v) is 6.63. The zero-order valence-electron chi connectivity index (χ0n) is 14.8. The number of carbonyl (C=O) groups is 1. The average Bonchev–Trinajstić information content (AvgIpc) is 3.09. The molecule has 28 heavy (non-hydrogen) atoms. The van der Waals surface area contributed by atoms with Crippen molar-refractivity contribution in [1.29, 1.82) is 0 Å². The van der Waals surface area contributed by atoms with E-state index in [4.69, 9.17) is 0 Å². The van der Waals surface area contributed by atoms with Crippen LogP contribution in [0.4, 0.5) is 18.9 Å². The van der Waals surface area contributed by atoms with Crippen molar-refractivity contribution in [3.8, 4) is 5.69 Å². The molecule has 5 nitrogen and oxygen atoms in total. The monoisotopic (exact) mass is 386 g/mol. The normalized spacial score (nSPS) is 13.8. The van der Waals surface area contributed by atoms with Crippen LogP contribution in [0.2, 0.25) is 0 Å². The van der Waals surface area contributed by atoms with Gasteiger partial charge in [0.25, 0.3) is 5.91 Å². The van der Waals surface area contributed by atoms with Crippen molar-refractivity contribution in [1.82, 2.24) is 14.8 Å². The first-order valence-electron chi connectivity index (χ1n) is 8.93. The highest BCUT2D eigenvalue weighted by Gasteiger charge is 2.39. The fourth-order valence-corrected chi connectivity index (χ4v) is 3.43. The van der Waals surface area contributed by atoms with Gasteiger partial charge < -0.3 is 5.32 Å². The fraction of sp³-hybridized carbons (Fsp3) is 0.250. The van der Waals surface area contributed by atoms with E-state index >= 15 is 0 Å². The topological polar surface area (TPSA) is 59.8 Å². The Morgan fingerprint density at radius 1 is 1.07 bits per heavy atom. The number of rotatable bonds is 3. The molecule has 8 heteroatoms. The zero-order valence-corrected chi connectivity index (χ0v) is 14.8.